The molecule has 0 unspecified atom stereocenters. The summed E-state index contributed by atoms with van der Waals surface area (Å²) in [6.45, 7) is 9.06. The lowest BCUT2D eigenvalue weighted by Crippen LogP contribution is -2.63. The molecule has 1 aromatic rings. The fourth-order valence-electron chi connectivity index (χ4n) is 3.43. The molecule has 9 heteroatoms. The maximum atomic E-state index is 13.6. The molecule has 172 valence electrons. The van der Waals surface area contributed by atoms with Gasteiger partial charge in [-0.3, -0.25) is 4.79 Å². The van der Waals surface area contributed by atoms with Crippen LogP contribution in [0.15, 0.2) is 28.7 Å². The zero-order chi connectivity index (χ0) is 23.4. The van der Waals surface area contributed by atoms with Crippen molar-refractivity contribution < 1.29 is 28.6 Å². The number of carbonyl (C=O) groups is 3. The molecule has 2 N–H and O–H groups in total. The van der Waals surface area contributed by atoms with Crippen LogP contribution in [0, 0.1) is 5.92 Å². The van der Waals surface area contributed by atoms with Crippen LogP contribution in [0.4, 0.5) is 4.79 Å². The molecule has 0 saturated carbocycles. The standard InChI is InChI=1S/C22H31BrN2O6/c1-13(2)16(18(26)29-6)24-19(27)22(25-20(28)31-21(3,4)5)11-12-30-17(22)14-7-9-15(23)10-8-14/h7-10,13,16-17H,11-12H2,1-6H3,(H,24,27)(H,25,28)/t16-,17-,22+/m1/s1. The Labute approximate surface area is 191 Å². The first kappa shape index (κ1) is 25.1. The molecule has 1 heterocycles. The van der Waals surface area contributed by atoms with Crippen molar-refractivity contribution in [2.24, 2.45) is 5.92 Å². The highest BCUT2D eigenvalue weighted by molar-refractivity contribution is 9.10. The average molecular weight is 499 g/mol. The van der Waals surface area contributed by atoms with E-state index in [2.05, 4.69) is 26.6 Å². The Hall–Kier alpha value is -2.13. The number of nitrogens with one attached hydrogen (secondary N) is 2. The molecule has 2 rings (SSSR count). The summed E-state index contributed by atoms with van der Waals surface area (Å²) in [4.78, 5) is 38.5. The van der Waals surface area contributed by atoms with Crippen molar-refractivity contribution in [3.63, 3.8) is 0 Å². The number of ether oxygens (including phenoxy) is 3. The van der Waals surface area contributed by atoms with Gasteiger partial charge in [0, 0.05) is 10.9 Å². The SMILES string of the molecule is COC(=O)[C@H](NC(=O)[C@]1(NC(=O)OC(C)(C)C)CCO[C@@H]1c1ccc(Br)cc1)C(C)C. The zero-order valence-corrected chi connectivity index (χ0v) is 20.4. The molecule has 1 aliphatic heterocycles. The van der Waals surface area contributed by atoms with Gasteiger partial charge in [-0.25, -0.2) is 9.59 Å². The first-order valence-electron chi connectivity index (χ1n) is 10.2. The Morgan fingerprint density at radius 3 is 2.32 bits per heavy atom. The summed E-state index contributed by atoms with van der Waals surface area (Å²) < 4.78 is 17.0. The van der Waals surface area contributed by atoms with Gasteiger partial charge in [-0.1, -0.05) is 41.9 Å². The van der Waals surface area contributed by atoms with E-state index in [1.54, 1.807) is 34.6 Å². The number of rotatable bonds is 6. The lowest BCUT2D eigenvalue weighted by molar-refractivity contribution is -0.147. The van der Waals surface area contributed by atoms with E-state index in [9.17, 15) is 14.4 Å². The molecule has 1 aromatic carbocycles. The second-order valence-corrected chi connectivity index (χ2v) is 9.78. The van der Waals surface area contributed by atoms with Crippen LogP contribution in [0.3, 0.4) is 0 Å². The normalized spacial score (nSPS) is 22.0. The van der Waals surface area contributed by atoms with E-state index in [1.807, 2.05) is 24.3 Å². The summed E-state index contributed by atoms with van der Waals surface area (Å²) in [6.07, 6.45) is -1.29. The molecule has 0 radical (unpaired) electrons. The van der Waals surface area contributed by atoms with Crippen LogP contribution < -0.4 is 10.6 Å². The van der Waals surface area contributed by atoms with E-state index in [0.717, 1.165) is 4.47 Å². The van der Waals surface area contributed by atoms with Gasteiger partial charge in [0.25, 0.3) is 0 Å². The van der Waals surface area contributed by atoms with Gasteiger partial charge in [-0.05, 0) is 44.4 Å². The van der Waals surface area contributed by atoms with Crippen molar-refractivity contribution >= 4 is 33.9 Å². The number of benzene rings is 1. The molecule has 0 aliphatic carbocycles. The largest absolute Gasteiger partial charge is 0.467 e. The molecule has 1 aliphatic rings. The first-order chi connectivity index (χ1) is 14.4. The second kappa shape index (κ2) is 9.99. The predicted molar refractivity (Wildman–Crippen MR) is 118 cm³/mol. The monoisotopic (exact) mass is 498 g/mol. The van der Waals surface area contributed by atoms with Crippen molar-refractivity contribution in [2.75, 3.05) is 13.7 Å². The number of hydrogen-bond acceptors (Lipinski definition) is 6. The van der Waals surface area contributed by atoms with E-state index in [1.165, 1.54) is 7.11 Å². The average Bonchev–Trinajstić information content (AvgIpc) is 3.08. The van der Waals surface area contributed by atoms with E-state index in [0.29, 0.717) is 5.56 Å². The molecule has 3 atom stereocenters. The Morgan fingerprint density at radius 2 is 1.81 bits per heavy atom. The number of halogens is 1. The highest BCUT2D eigenvalue weighted by atomic mass is 79.9. The third-order valence-corrected chi connectivity index (χ3v) is 5.47. The fraction of sp³-hybridized carbons (Fsp3) is 0.591. The lowest BCUT2D eigenvalue weighted by Gasteiger charge is -2.36. The zero-order valence-electron chi connectivity index (χ0n) is 18.8. The van der Waals surface area contributed by atoms with Gasteiger partial charge in [-0.2, -0.15) is 0 Å². The van der Waals surface area contributed by atoms with Crippen molar-refractivity contribution in [3.8, 4) is 0 Å². The van der Waals surface area contributed by atoms with Gasteiger partial charge in [0.15, 0.2) is 5.54 Å². The third kappa shape index (κ3) is 6.20. The Morgan fingerprint density at radius 1 is 1.19 bits per heavy atom. The summed E-state index contributed by atoms with van der Waals surface area (Å²) in [6, 6.07) is 6.43. The molecule has 1 saturated heterocycles. The van der Waals surface area contributed by atoms with Gasteiger partial charge in [0.05, 0.1) is 13.7 Å². The van der Waals surface area contributed by atoms with Gasteiger partial charge in [0.2, 0.25) is 5.91 Å². The third-order valence-electron chi connectivity index (χ3n) is 4.94. The molecular formula is C22H31BrN2O6. The summed E-state index contributed by atoms with van der Waals surface area (Å²) in [7, 11) is 1.27. The van der Waals surface area contributed by atoms with Crippen LogP contribution in [0.2, 0.25) is 0 Å². The van der Waals surface area contributed by atoms with E-state index in [4.69, 9.17) is 14.2 Å². The molecule has 1 fully saturated rings. The molecule has 0 aromatic heterocycles. The number of esters is 1. The van der Waals surface area contributed by atoms with E-state index >= 15 is 0 Å². The first-order valence-corrected chi connectivity index (χ1v) is 11.0. The van der Waals surface area contributed by atoms with Crippen molar-refractivity contribution in [2.45, 2.75) is 64.3 Å². The van der Waals surface area contributed by atoms with E-state index < -0.39 is 41.3 Å². The summed E-state index contributed by atoms with van der Waals surface area (Å²) >= 11 is 3.40. The van der Waals surface area contributed by atoms with Crippen LogP contribution >= 0.6 is 15.9 Å². The smallest absolute Gasteiger partial charge is 0.408 e. The topological polar surface area (TPSA) is 103 Å². The minimum absolute atomic E-state index is 0.213. The molecule has 2 amide bonds. The Kier molecular flexibility index (Phi) is 8.10. The predicted octanol–water partition coefficient (Wildman–Crippen LogP) is 3.49. The Bertz CT molecular complexity index is 805. The molecule has 0 spiro atoms. The second-order valence-electron chi connectivity index (χ2n) is 8.87. The number of hydrogen-bond donors (Lipinski definition) is 2. The fourth-order valence-corrected chi connectivity index (χ4v) is 3.69. The summed E-state index contributed by atoms with van der Waals surface area (Å²) in [5.74, 6) is -1.31. The Balaban J connectivity index is 2.43. The summed E-state index contributed by atoms with van der Waals surface area (Å²) in [5.41, 5.74) is -1.50. The van der Waals surface area contributed by atoms with Crippen LogP contribution in [0.5, 0.6) is 0 Å². The number of amides is 2. The van der Waals surface area contributed by atoms with Gasteiger partial charge < -0.3 is 24.8 Å². The van der Waals surface area contributed by atoms with Crippen molar-refractivity contribution in [3.05, 3.63) is 34.3 Å². The van der Waals surface area contributed by atoms with Crippen LogP contribution in [0.1, 0.15) is 52.7 Å². The number of methoxy groups -OCH3 is 1. The summed E-state index contributed by atoms with van der Waals surface area (Å²) in [5, 5.41) is 5.51. The van der Waals surface area contributed by atoms with Crippen molar-refractivity contribution in [1.29, 1.82) is 0 Å². The molecule has 8 nitrogen and oxygen atoms in total. The number of alkyl carbamates (subject to hydrolysis) is 1. The van der Waals surface area contributed by atoms with Gasteiger partial charge in [-0.15, -0.1) is 0 Å². The van der Waals surface area contributed by atoms with Gasteiger partial charge >= 0.3 is 12.1 Å². The molecular weight excluding hydrogens is 468 g/mol. The van der Waals surface area contributed by atoms with Crippen LogP contribution in [-0.4, -0.2) is 48.9 Å². The minimum Gasteiger partial charge on any atom is -0.467 e. The maximum Gasteiger partial charge on any atom is 0.408 e. The quantitative estimate of drug-likeness (QED) is 0.581. The highest BCUT2D eigenvalue weighted by Crippen LogP contribution is 2.39. The minimum atomic E-state index is -1.46. The molecule has 0 bridgehead atoms. The highest BCUT2D eigenvalue weighted by Gasteiger charge is 2.53. The van der Waals surface area contributed by atoms with Crippen molar-refractivity contribution in [1.82, 2.24) is 10.6 Å². The van der Waals surface area contributed by atoms with Gasteiger partial charge in [0.1, 0.15) is 17.7 Å². The maximum absolute atomic E-state index is 13.6. The van der Waals surface area contributed by atoms with E-state index in [-0.39, 0.29) is 18.9 Å². The lowest BCUT2D eigenvalue weighted by atomic mass is 9.85. The number of carbonyl (C=O) groups excluding carboxylic acids is 3. The van der Waals surface area contributed by atoms with Crippen LogP contribution in [-0.2, 0) is 23.8 Å². The molecule has 31 heavy (non-hydrogen) atoms. The van der Waals surface area contributed by atoms with Crippen LogP contribution in [0.25, 0.3) is 0 Å².